The number of carbonyl (C=O) groups excluding carboxylic acids is 1. The van der Waals surface area contributed by atoms with E-state index in [2.05, 4.69) is 0 Å². The molecule has 0 unspecified atom stereocenters. The van der Waals surface area contributed by atoms with E-state index in [9.17, 15) is 9.90 Å². The summed E-state index contributed by atoms with van der Waals surface area (Å²) in [5.74, 6) is 0.993. The lowest BCUT2D eigenvalue weighted by Crippen LogP contribution is -2.45. The van der Waals surface area contributed by atoms with Crippen LogP contribution >= 0.6 is 0 Å². The molecule has 1 aliphatic rings. The number of amides is 1. The number of rotatable bonds is 4. The molecule has 1 aromatic rings. The molecule has 1 N–H and O–H groups in total. The van der Waals surface area contributed by atoms with E-state index in [4.69, 9.17) is 4.74 Å². The third kappa shape index (κ3) is 3.97. The third-order valence-corrected chi connectivity index (χ3v) is 3.95. The van der Waals surface area contributed by atoms with E-state index in [0.717, 1.165) is 17.7 Å². The highest BCUT2D eigenvalue weighted by atomic mass is 16.5. The van der Waals surface area contributed by atoms with Gasteiger partial charge in [0.25, 0.3) is 0 Å². The van der Waals surface area contributed by atoms with E-state index in [-0.39, 0.29) is 5.91 Å². The fourth-order valence-corrected chi connectivity index (χ4v) is 2.48. The number of ether oxygens (including phenoxy) is 1. The second-order valence-electron chi connectivity index (χ2n) is 5.73. The van der Waals surface area contributed by atoms with E-state index in [0.29, 0.717) is 32.4 Å². The molecule has 1 heterocycles. The van der Waals surface area contributed by atoms with Crippen LogP contribution in [0.3, 0.4) is 0 Å². The number of carbonyl (C=O) groups is 1. The summed E-state index contributed by atoms with van der Waals surface area (Å²) in [6, 6.07) is 7.82. The van der Waals surface area contributed by atoms with Gasteiger partial charge in [-0.05, 0) is 43.9 Å². The lowest BCUT2D eigenvalue weighted by Gasteiger charge is -2.35. The van der Waals surface area contributed by atoms with Crippen LogP contribution < -0.4 is 4.74 Å². The summed E-state index contributed by atoms with van der Waals surface area (Å²) in [5.41, 5.74) is 0.505. The average Bonchev–Trinajstić information content (AvgIpc) is 2.45. The molecule has 1 saturated heterocycles. The van der Waals surface area contributed by atoms with Crippen molar-refractivity contribution >= 4 is 5.91 Å². The van der Waals surface area contributed by atoms with E-state index >= 15 is 0 Å². The van der Waals surface area contributed by atoms with Crippen molar-refractivity contribution in [2.45, 2.75) is 38.2 Å². The van der Waals surface area contributed by atoms with Crippen LogP contribution in [0, 0.1) is 0 Å². The monoisotopic (exact) mass is 277 g/mol. The number of aryl methyl sites for hydroxylation is 1. The Hall–Kier alpha value is -1.55. The summed E-state index contributed by atoms with van der Waals surface area (Å²) in [6.07, 6.45) is 2.56. The predicted octanol–water partition coefficient (Wildman–Crippen LogP) is 2.00. The van der Waals surface area contributed by atoms with Gasteiger partial charge in [0, 0.05) is 19.5 Å². The van der Waals surface area contributed by atoms with E-state index < -0.39 is 5.60 Å². The van der Waals surface area contributed by atoms with Crippen LogP contribution in [-0.2, 0) is 11.2 Å². The first-order valence-corrected chi connectivity index (χ1v) is 7.13. The lowest BCUT2D eigenvalue weighted by atomic mass is 9.93. The minimum Gasteiger partial charge on any atom is -0.497 e. The molecule has 1 aromatic carbocycles. The summed E-state index contributed by atoms with van der Waals surface area (Å²) in [7, 11) is 1.64. The number of hydrogen-bond acceptors (Lipinski definition) is 3. The molecule has 2 rings (SSSR count). The van der Waals surface area contributed by atoms with Crippen molar-refractivity contribution in [1.82, 2.24) is 4.90 Å². The van der Waals surface area contributed by atoms with Crippen molar-refractivity contribution < 1.29 is 14.6 Å². The number of aliphatic hydroxyl groups is 1. The smallest absolute Gasteiger partial charge is 0.222 e. The predicted molar refractivity (Wildman–Crippen MR) is 77.8 cm³/mol. The quantitative estimate of drug-likeness (QED) is 0.916. The van der Waals surface area contributed by atoms with Crippen molar-refractivity contribution in [3.05, 3.63) is 29.8 Å². The van der Waals surface area contributed by atoms with Crippen LogP contribution in [0.25, 0.3) is 0 Å². The standard InChI is InChI=1S/C16H23NO3/c1-16(19)8-10-17(11-9-16)15(18)7-6-13-4-3-5-14(12-13)20-2/h3-5,12,19H,6-11H2,1-2H3. The van der Waals surface area contributed by atoms with Gasteiger partial charge in [0.15, 0.2) is 0 Å². The highest BCUT2D eigenvalue weighted by molar-refractivity contribution is 5.76. The minimum absolute atomic E-state index is 0.170. The van der Waals surface area contributed by atoms with Gasteiger partial charge in [-0.2, -0.15) is 0 Å². The van der Waals surface area contributed by atoms with Crippen molar-refractivity contribution in [2.75, 3.05) is 20.2 Å². The van der Waals surface area contributed by atoms with Crippen LogP contribution in [0.5, 0.6) is 5.75 Å². The Balaban J connectivity index is 1.83. The number of likely N-dealkylation sites (tertiary alicyclic amines) is 1. The van der Waals surface area contributed by atoms with Gasteiger partial charge in [0.2, 0.25) is 5.91 Å². The molecule has 20 heavy (non-hydrogen) atoms. The van der Waals surface area contributed by atoms with Crippen LogP contribution in [0.4, 0.5) is 0 Å². The maximum atomic E-state index is 12.1. The minimum atomic E-state index is -0.608. The fourth-order valence-electron chi connectivity index (χ4n) is 2.48. The summed E-state index contributed by atoms with van der Waals surface area (Å²) >= 11 is 0. The summed E-state index contributed by atoms with van der Waals surface area (Å²) < 4.78 is 5.18. The molecule has 0 spiro atoms. The number of benzene rings is 1. The molecule has 4 heteroatoms. The van der Waals surface area contributed by atoms with Crippen LogP contribution in [0.15, 0.2) is 24.3 Å². The van der Waals surface area contributed by atoms with Gasteiger partial charge < -0.3 is 14.7 Å². The van der Waals surface area contributed by atoms with Gasteiger partial charge >= 0.3 is 0 Å². The van der Waals surface area contributed by atoms with Crippen LogP contribution in [-0.4, -0.2) is 41.7 Å². The zero-order valence-electron chi connectivity index (χ0n) is 12.3. The highest BCUT2D eigenvalue weighted by Gasteiger charge is 2.29. The Kier molecular flexibility index (Phi) is 4.65. The zero-order chi connectivity index (χ0) is 14.6. The Labute approximate surface area is 120 Å². The SMILES string of the molecule is COc1cccc(CCC(=O)N2CCC(C)(O)CC2)c1. The molecule has 1 fully saturated rings. The summed E-state index contributed by atoms with van der Waals surface area (Å²) in [4.78, 5) is 14.0. The Bertz CT molecular complexity index is 461. The second-order valence-corrected chi connectivity index (χ2v) is 5.73. The molecule has 1 amide bonds. The number of nitrogens with zero attached hydrogens (tertiary/aromatic N) is 1. The molecule has 0 radical (unpaired) electrons. The molecule has 0 atom stereocenters. The number of methoxy groups -OCH3 is 1. The summed E-state index contributed by atoms with van der Waals surface area (Å²) in [6.45, 7) is 3.15. The Morgan fingerprint density at radius 3 is 2.75 bits per heavy atom. The van der Waals surface area contributed by atoms with Crippen molar-refractivity contribution in [2.24, 2.45) is 0 Å². The van der Waals surface area contributed by atoms with Crippen molar-refractivity contribution in [1.29, 1.82) is 0 Å². The Morgan fingerprint density at radius 2 is 2.10 bits per heavy atom. The second kappa shape index (κ2) is 6.27. The molecule has 4 nitrogen and oxygen atoms in total. The maximum Gasteiger partial charge on any atom is 0.222 e. The van der Waals surface area contributed by atoms with Gasteiger partial charge in [-0.1, -0.05) is 12.1 Å². The van der Waals surface area contributed by atoms with Gasteiger partial charge in [0.1, 0.15) is 5.75 Å². The van der Waals surface area contributed by atoms with Gasteiger partial charge in [-0.3, -0.25) is 4.79 Å². The molecule has 1 aliphatic heterocycles. The number of piperidine rings is 1. The largest absolute Gasteiger partial charge is 0.497 e. The molecular weight excluding hydrogens is 254 g/mol. The topological polar surface area (TPSA) is 49.8 Å². The number of hydrogen-bond donors (Lipinski definition) is 1. The molecule has 110 valence electrons. The van der Waals surface area contributed by atoms with E-state index in [1.807, 2.05) is 36.1 Å². The molecular formula is C16H23NO3. The maximum absolute atomic E-state index is 12.1. The molecule has 0 bridgehead atoms. The zero-order valence-corrected chi connectivity index (χ0v) is 12.3. The first kappa shape index (κ1) is 14.9. The molecule has 0 saturated carbocycles. The first-order valence-electron chi connectivity index (χ1n) is 7.13. The van der Waals surface area contributed by atoms with Crippen molar-refractivity contribution in [3.8, 4) is 5.75 Å². The highest BCUT2D eigenvalue weighted by Crippen LogP contribution is 2.22. The van der Waals surface area contributed by atoms with Gasteiger partial charge in [0.05, 0.1) is 12.7 Å². The van der Waals surface area contributed by atoms with Crippen LogP contribution in [0.1, 0.15) is 31.7 Å². The summed E-state index contributed by atoms with van der Waals surface area (Å²) in [5, 5.41) is 9.89. The first-order chi connectivity index (χ1) is 9.50. The van der Waals surface area contributed by atoms with Crippen molar-refractivity contribution in [3.63, 3.8) is 0 Å². The van der Waals surface area contributed by atoms with Crippen LogP contribution in [0.2, 0.25) is 0 Å². The van der Waals surface area contributed by atoms with E-state index in [1.165, 1.54) is 0 Å². The molecule has 0 aromatic heterocycles. The Morgan fingerprint density at radius 1 is 1.40 bits per heavy atom. The average molecular weight is 277 g/mol. The van der Waals surface area contributed by atoms with Gasteiger partial charge in [-0.15, -0.1) is 0 Å². The van der Waals surface area contributed by atoms with Gasteiger partial charge in [-0.25, -0.2) is 0 Å². The lowest BCUT2D eigenvalue weighted by molar-refractivity contribution is -0.134. The van der Waals surface area contributed by atoms with E-state index in [1.54, 1.807) is 7.11 Å². The third-order valence-electron chi connectivity index (χ3n) is 3.95. The molecule has 0 aliphatic carbocycles. The fraction of sp³-hybridized carbons (Fsp3) is 0.562. The normalized spacial score (nSPS) is 17.9.